The Balaban J connectivity index is 2.84. The van der Waals surface area contributed by atoms with Crippen molar-refractivity contribution in [2.24, 2.45) is 7.05 Å². The van der Waals surface area contributed by atoms with E-state index in [0.717, 1.165) is 11.4 Å². The summed E-state index contributed by atoms with van der Waals surface area (Å²) in [6.07, 6.45) is -0.182. The second-order valence-electron chi connectivity index (χ2n) is 4.73. The fourth-order valence-corrected chi connectivity index (χ4v) is 2.04. The number of hydrogen-bond donors (Lipinski definition) is 1. The lowest BCUT2D eigenvalue weighted by molar-refractivity contribution is -0.0960. The van der Waals surface area contributed by atoms with Crippen LogP contribution in [0.3, 0.4) is 0 Å². The van der Waals surface area contributed by atoms with Gasteiger partial charge in [-0.1, -0.05) is 11.6 Å². The second-order valence-corrected chi connectivity index (χ2v) is 5.10. The van der Waals surface area contributed by atoms with Crippen molar-refractivity contribution >= 4 is 11.6 Å². The van der Waals surface area contributed by atoms with Gasteiger partial charge < -0.3 is 9.84 Å². The Labute approximate surface area is 108 Å². The SMILES string of the molecule is CCOC(C)(C)C(O)Cc1c(Cl)c(C)nn1C. The van der Waals surface area contributed by atoms with Gasteiger partial charge in [-0.3, -0.25) is 4.68 Å². The van der Waals surface area contributed by atoms with E-state index in [9.17, 15) is 5.11 Å². The van der Waals surface area contributed by atoms with Gasteiger partial charge in [0.25, 0.3) is 0 Å². The van der Waals surface area contributed by atoms with Crippen LogP contribution in [0.2, 0.25) is 5.02 Å². The van der Waals surface area contributed by atoms with Crippen molar-refractivity contribution < 1.29 is 9.84 Å². The molecule has 4 nitrogen and oxygen atoms in total. The first-order valence-corrected chi connectivity index (χ1v) is 6.17. The molecule has 0 saturated heterocycles. The highest BCUT2D eigenvalue weighted by molar-refractivity contribution is 6.31. The highest BCUT2D eigenvalue weighted by Crippen LogP contribution is 2.24. The lowest BCUT2D eigenvalue weighted by Gasteiger charge is -2.30. The van der Waals surface area contributed by atoms with Gasteiger partial charge >= 0.3 is 0 Å². The van der Waals surface area contributed by atoms with Crippen LogP contribution in [0.5, 0.6) is 0 Å². The van der Waals surface area contributed by atoms with E-state index in [1.807, 2.05) is 34.7 Å². The molecule has 1 unspecified atom stereocenters. The molecule has 5 heteroatoms. The van der Waals surface area contributed by atoms with Gasteiger partial charge in [-0.15, -0.1) is 0 Å². The normalized spacial score (nSPS) is 14.1. The zero-order valence-corrected chi connectivity index (χ0v) is 11.9. The summed E-state index contributed by atoms with van der Waals surface area (Å²) in [6.45, 7) is 8.08. The lowest BCUT2D eigenvalue weighted by atomic mass is 9.97. The fourth-order valence-electron chi connectivity index (χ4n) is 1.80. The average molecular weight is 261 g/mol. The zero-order valence-electron chi connectivity index (χ0n) is 11.1. The van der Waals surface area contributed by atoms with Gasteiger partial charge in [-0.25, -0.2) is 0 Å². The predicted octanol–water partition coefficient (Wildman–Crippen LogP) is 2.10. The molecule has 1 aromatic rings. The molecular weight excluding hydrogens is 240 g/mol. The number of halogens is 1. The van der Waals surface area contributed by atoms with Crippen LogP contribution in [0.25, 0.3) is 0 Å². The van der Waals surface area contributed by atoms with Gasteiger partial charge in [0.2, 0.25) is 0 Å². The molecule has 0 aliphatic rings. The van der Waals surface area contributed by atoms with Gasteiger partial charge in [0.15, 0.2) is 0 Å². The summed E-state index contributed by atoms with van der Waals surface area (Å²) >= 11 is 6.15. The van der Waals surface area contributed by atoms with Crippen molar-refractivity contribution in [2.75, 3.05) is 6.61 Å². The topological polar surface area (TPSA) is 47.3 Å². The first-order valence-electron chi connectivity index (χ1n) is 5.79. The first-order chi connectivity index (χ1) is 7.79. The molecule has 98 valence electrons. The Morgan fingerprint density at radius 1 is 1.53 bits per heavy atom. The zero-order chi connectivity index (χ0) is 13.2. The highest BCUT2D eigenvalue weighted by atomic mass is 35.5. The Morgan fingerprint density at radius 2 is 2.12 bits per heavy atom. The van der Waals surface area contributed by atoms with Crippen LogP contribution < -0.4 is 0 Å². The number of ether oxygens (including phenoxy) is 1. The number of nitrogens with zero attached hydrogens (tertiary/aromatic N) is 2. The van der Waals surface area contributed by atoms with Gasteiger partial charge in [-0.2, -0.15) is 5.10 Å². The minimum Gasteiger partial charge on any atom is -0.390 e. The third-order valence-electron chi connectivity index (χ3n) is 2.97. The number of hydrogen-bond acceptors (Lipinski definition) is 3. The first kappa shape index (κ1) is 14.5. The van der Waals surface area contributed by atoms with E-state index in [0.29, 0.717) is 18.1 Å². The van der Waals surface area contributed by atoms with Crippen molar-refractivity contribution in [1.29, 1.82) is 0 Å². The summed E-state index contributed by atoms with van der Waals surface area (Å²) in [5, 5.41) is 15.0. The molecule has 17 heavy (non-hydrogen) atoms. The van der Waals surface area contributed by atoms with Crippen molar-refractivity contribution in [2.45, 2.75) is 45.8 Å². The highest BCUT2D eigenvalue weighted by Gasteiger charge is 2.30. The van der Waals surface area contributed by atoms with E-state index in [1.165, 1.54) is 0 Å². The molecule has 0 radical (unpaired) electrons. The summed E-state index contributed by atoms with van der Waals surface area (Å²) < 4.78 is 7.24. The molecule has 0 aromatic carbocycles. The van der Waals surface area contributed by atoms with Crippen LogP contribution in [-0.4, -0.2) is 33.2 Å². The maximum atomic E-state index is 10.2. The van der Waals surface area contributed by atoms with Gasteiger partial charge in [0.1, 0.15) is 0 Å². The van der Waals surface area contributed by atoms with E-state index in [2.05, 4.69) is 5.10 Å². The average Bonchev–Trinajstić information content (AvgIpc) is 2.45. The number of aromatic nitrogens is 2. The second kappa shape index (κ2) is 5.38. The molecule has 0 spiro atoms. The Bertz CT molecular complexity index is 388. The van der Waals surface area contributed by atoms with Crippen LogP contribution in [-0.2, 0) is 18.2 Å². The van der Waals surface area contributed by atoms with Crippen LogP contribution >= 0.6 is 11.6 Å². The third-order valence-corrected chi connectivity index (χ3v) is 3.46. The molecule has 1 aromatic heterocycles. The Morgan fingerprint density at radius 3 is 2.53 bits per heavy atom. The molecule has 0 bridgehead atoms. The number of rotatable bonds is 5. The van der Waals surface area contributed by atoms with Gasteiger partial charge in [0.05, 0.1) is 28.1 Å². The molecule has 0 amide bonds. The molecule has 1 atom stereocenters. The molecule has 1 N–H and O–H groups in total. The van der Waals surface area contributed by atoms with E-state index in [1.54, 1.807) is 4.68 Å². The minimum absolute atomic E-state index is 0.434. The van der Waals surface area contributed by atoms with E-state index in [-0.39, 0.29) is 0 Å². The van der Waals surface area contributed by atoms with Gasteiger partial charge in [0, 0.05) is 20.1 Å². The molecule has 0 aliphatic carbocycles. The minimum atomic E-state index is -0.616. The van der Waals surface area contributed by atoms with Crippen molar-refractivity contribution in [3.8, 4) is 0 Å². The summed E-state index contributed by atoms with van der Waals surface area (Å²) in [6, 6.07) is 0. The van der Waals surface area contributed by atoms with Crippen molar-refractivity contribution in [1.82, 2.24) is 9.78 Å². The lowest BCUT2D eigenvalue weighted by Crippen LogP contribution is -2.40. The maximum absolute atomic E-state index is 10.2. The molecular formula is C12H21ClN2O2. The largest absolute Gasteiger partial charge is 0.390 e. The smallest absolute Gasteiger partial charge is 0.0887 e. The van der Waals surface area contributed by atoms with Crippen molar-refractivity contribution in [3.05, 3.63) is 16.4 Å². The number of aliphatic hydroxyl groups excluding tert-OH is 1. The predicted molar refractivity (Wildman–Crippen MR) is 68.4 cm³/mol. The Hall–Kier alpha value is -0.580. The summed E-state index contributed by atoms with van der Waals surface area (Å²) in [7, 11) is 1.83. The van der Waals surface area contributed by atoms with Crippen LogP contribution in [0.1, 0.15) is 32.2 Å². The number of aliphatic hydroxyl groups is 1. The van der Waals surface area contributed by atoms with Gasteiger partial charge in [-0.05, 0) is 27.7 Å². The van der Waals surface area contributed by atoms with Crippen LogP contribution in [0, 0.1) is 6.92 Å². The molecule has 0 aliphatic heterocycles. The molecule has 0 saturated carbocycles. The van der Waals surface area contributed by atoms with Crippen molar-refractivity contribution in [3.63, 3.8) is 0 Å². The maximum Gasteiger partial charge on any atom is 0.0887 e. The van der Waals surface area contributed by atoms with Crippen LogP contribution in [0.15, 0.2) is 0 Å². The number of aryl methyl sites for hydroxylation is 2. The standard InChI is InChI=1S/C12H21ClN2O2/c1-6-17-12(3,4)10(16)7-9-11(13)8(2)14-15(9)5/h10,16H,6-7H2,1-5H3. The Kier molecular flexibility index (Phi) is 4.58. The molecule has 0 fully saturated rings. The van der Waals surface area contributed by atoms with E-state index < -0.39 is 11.7 Å². The molecule has 1 heterocycles. The quantitative estimate of drug-likeness (QED) is 0.882. The van der Waals surface area contributed by atoms with E-state index in [4.69, 9.17) is 16.3 Å². The van der Waals surface area contributed by atoms with Crippen LogP contribution in [0.4, 0.5) is 0 Å². The summed E-state index contributed by atoms with van der Waals surface area (Å²) in [5.41, 5.74) is 1.03. The molecule has 1 rings (SSSR count). The summed E-state index contributed by atoms with van der Waals surface area (Å²) in [5.74, 6) is 0. The third kappa shape index (κ3) is 3.21. The fraction of sp³-hybridized carbons (Fsp3) is 0.750. The monoisotopic (exact) mass is 260 g/mol. The van der Waals surface area contributed by atoms with E-state index >= 15 is 0 Å². The summed E-state index contributed by atoms with van der Waals surface area (Å²) in [4.78, 5) is 0.